The lowest BCUT2D eigenvalue weighted by molar-refractivity contribution is 0.282. The summed E-state index contributed by atoms with van der Waals surface area (Å²) < 4.78 is 13.0. The van der Waals surface area contributed by atoms with Crippen molar-refractivity contribution in [1.82, 2.24) is 0 Å². The van der Waals surface area contributed by atoms with Crippen LogP contribution in [0.25, 0.3) is 0 Å². The summed E-state index contributed by atoms with van der Waals surface area (Å²) in [5.41, 5.74) is 2.30. The van der Waals surface area contributed by atoms with E-state index in [1.807, 2.05) is 30.3 Å². The molecule has 0 saturated carbocycles. The monoisotopic (exact) mass is 244 g/mol. The number of halogens is 1. The Balaban J connectivity index is 2.27. The summed E-state index contributed by atoms with van der Waals surface area (Å²) in [5.74, 6) is 0.00618. The van der Waals surface area contributed by atoms with Gasteiger partial charge in [-0.05, 0) is 36.1 Å². The molecule has 94 valence electrons. The predicted molar refractivity (Wildman–Crippen MR) is 71.0 cm³/mol. The van der Waals surface area contributed by atoms with Crippen LogP contribution in [-0.4, -0.2) is 11.7 Å². The summed E-state index contributed by atoms with van der Waals surface area (Å²) in [6.45, 7) is 0.185. The smallest absolute Gasteiger partial charge is 0.123 e. The van der Waals surface area contributed by atoms with Crippen LogP contribution in [0, 0.1) is 5.82 Å². The Morgan fingerprint density at radius 1 is 0.889 bits per heavy atom. The lowest BCUT2D eigenvalue weighted by Gasteiger charge is -2.17. The molecule has 0 fully saturated rings. The van der Waals surface area contributed by atoms with Crippen LogP contribution in [0.2, 0.25) is 0 Å². The zero-order chi connectivity index (χ0) is 12.8. The van der Waals surface area contributed by atoms with Gasteiger partial charge in [0.1, 0.15) is 5.82 Å². The summed E-state index contributed by atoms with van der Waals surface area (Å²) in [6, 6.07) is 16.8. The highest BCUT2D eigenvalue weighted by Gasteiger charge is 2.13. The average Bonchev–Trinajstić information content (AvgIpc) is 2.42. The van der Waals surface area contributed by atoms with Gasteiger partial charge in [0, 0.05) is 12.5 Å². The third-order valence-electron chi connectivity index (χ3n) is 3.13. The van der Waals surface area contributed by atoms with Crippen LogP contribution in [0.15, 0.2) is 54.6 Å². The minimum atomic E-state index is -0.215. The molecule has 0 bridgehead atoms. The molecule has 0 aliphatic heterocycles. The van der Waals surface area contributed by atoms with Gasteiger partial charge < -0.3 is 5.11 Å². The van der Waals surface area contributed by atoms with Crippen molar-refractivity contribution in [3.05, 3.63) is 71.5 Å². The Kier molecular flexibility index (Phi) is 4.48. The molecule has 1 N–H and O–H groups in total. The molecule has 0 unspecified atom stereocenters. The fraction of sp³-hybridized carbons (Fsp3) is 0.250. The van der Waals surface area contributed by atoms with Gasteiger partial charge in [0.2, 0.25) is 0 Å². The van der Waals surface area contributed by atoms with E-state index in [4.69, 9.17) is 5.11 Å². The Labute approximate surface area is 107 Å². The zero-order valence-corrected chi connectivity index (χ0v) is 10.2. The fourth-order valence-corrected chi connectivity index (χ4v) is 2.20. The second-order valence-electron chi connectivity index (χ2n) is 4.38. The first kappa shape index (κ1) is 12.8. The van der Waals surface area contributed by atoms with Gasteiger partial charge >= 0.3 is 0 Å². The molecular formula is C16H17FO. The predicted octanol–water partition coefficient (Wildman–Crippen LogP) is 3.73. The third kappa shape index (κ3) is 3.17. The number of hydrogen-bond donors (Lipinski definition) is 1. The number of aliphatic hydroxyl groups is 1. The molecule has 2 aromatic rings. The first-order valence-electron chi connectivity index (χ1n) is 6.22. The average molecular weight is 244 g/mol. The topological polar surface area (TPSA) is 20.2 Å². The molecular weight excluding hydrogens is 227 g/mol. The summed E-state index contributed by atoms with van der Waals surface area (Å²) in [5, 5.41) is 8.99. The van der Waals surface area contributed by atoms with Crippen LogP contribution in [0.4, 0.5) is 4.39 Å². The molecule has 0 aliphatic rings. The van der Waals surface area contributed by atoms with Crippen molar-refractivity contribution in [3.63, 3.8) is 0 Å². The Hall–Kier alpha value is -1.67. The molecule has 2 aromatic carbocycles. The van der Waals surface area contributed by atoms with E-state index in [-0.39, 0.29) is 18.3 Å². The standard InChI is InChI=1S/C16H17FO/c17-15-10-8-14(9-11-15)16(7-4-12-18)13-5-2-1-3-6-13/h1-3,5-6,8-11,16,18H,4,7,12H2/t16-/m0/s1. The highest BCUT2D eigenvalue weighted by Crippen LogP contribution is 2.29. The van der Waals surface area contributed by atoms with Crippen LogP contribution in [-0.2, 0) is 0 Å². The Bertz CT molecular complexity index is 464. The van der Waals surface area contributed by atoms with Crippen molar-refractivity contribution in [2.75, 3.05) is 6.61 Å². The van der Waals surface area contributed by atoms with Gasteiger partial charge in [0.15, 0.2) is 0 Å². The molecule has 2 rings (SSSR count). The number of aliphatic hydroxyl groups excluding tert-OH is 1. The van der Waals surface area contributed by atoms with Gasteiger partial charge in [0.05, 0.1) is 0 Å². The van der Waals surface area contributed by atoms with Gasteiger partial charge in [-0.15, -0.1) is 0 Å². The van der Waals surface area contributed by atoms with Crippen LogP contribution in [0.5, 0.6) is 0 Å². The van der Waals surface area contributed by atoms with Gasteiger partial charge in [-0.25, -0.2) is 4.39 Å². The molecule has 0 saturated heterocycles. The molecule has 2 heteroatoms. The molecule has 0 amide bonds. The largest absolute Gasteiger partial charge is 0.396 e. The van der Waals surface area contributed by atoms with Gasteiger partial charge in [0.25, 0.3) is 0 Å². The zero-order valence-electron chi connectivity index (χ0n) is 10.2. The van der Waals surface area contributed by atoms with E-state index < -0.39 is 0 Å². The van der Waals surface area contributed by atoms with Crippen molar-refractivity contribution < 1.29 is 9.50 Å². The van der Waals surface area contributed by atoms with E-state index >= 15 is 0 Å². The van der Waals surface area contributed by atoms with Crippen molar-refractivity contribution >= 4 is 0 Å². The van der Waals surface area contributed by atoms with E-state index in [2.05, 4.69) is 12.1 Å². The van der Waals surface area contributed by atoms with Crippen LogP contribution < -0.4 is 0 Å². The van der Waals surface area contributed by atoms with Gasteiger partial charge in [-0.1, -0.05) is 42.5 Å². The number of rotatable bonds is 5. The molecule has 0 aromatic heterocycles. The van der Waals surface area contributed by atoms with E-state index in [0.717, 1.165) is 18.4 Å². The van der Waals surface area contributed by atoms with E-state index in [1.54, 1.807) is 0 Å². The summed E-state index contributed by atoms with van der Waals surface area (Å²) >= 11 is 0. The van der Waals surface area contributed by atoms with Crippen LogP contribution >= 0.6 is 0 Å². The molecule has 1 atom stereocenters. The normalized spacial score (nSPS) is 12.3. The second kappa shape index (κ2) is 6.31. The minimum absolute atomic E-state index is 0.185. The van der Waals surface area contributed by atoms with Crippen LogP contribution in [0.1, 0.15) is 29.9 Å². The maximum Gasteiger partial charge on any atom is 0.123 e. The summed E-state index contributed by atoms with van der Waals surface area (Å²) in [7, 11) is 0. The highest BCUT2D eigenvalue weighted by atomic mass is 19.1. The lowest BCUT2D eigenvalue weighted by atomic mass is 9.87. The van der Waals surface area contributed by atoms with E-state index in [1.165, 1.54) is 17.7 Å². The van der Waals surface area contributed by atoms with Crippen LogP contribution in [0.3, 0.4) is 0 Å². The Morgan fingerprint density at radius 3 is 2.11 bits per heavy atom. The van der Waals surface area contributed by atoms with Crippen molar-refractivity contribution in [2.24, 2.45) is 0 Å². The molecule has 0 heterocycles. The van der Waals surface area contributed by atoms with Crippen molar-refractivity contribution in [1.29, 1.82) is 0 Å². The van der Waals surface area contributed by atoms with Crippen molar-refractivity contribution in [3.8, 4) is 0 Å². The van der Waals surface area contributed by atoms with Gasteiger partial charge in [-0.2, -0.15) is 0 Å². The first-order chi connectivity index (χ1) is 8.81. The number of hydrogen-bond acceptors (Lipinski definition) is 1. The van der Waals surface area contributed by atoms with Gasteiger partial charge in [-0.3, -0.25) is 0 Å². The highest BCUT2D eigenvalue weighted by molar-refractivity contribution is 5.32. The second-order valence-corrected chi connectivity index (χ2v) is 4.38. The molecule has 18 heavy (non-hydrogen) atoms. The summed E-state index contributed by atoms with van der Waals surface area (Å²) in [6.07, 6.45) is 1.61. The SMILES string of the molecule is OCCC[C@@H](c1ccccc1)c1ccc(F)cc1. The first-order valence-corrected chi connectivity index (χ1v) is 6.22. The molecule has 0 aliphatic carbocycles. The quantitative estimate of drug-likeness (QED) is 0.849. The number of benzene rings is 2. The third-order valence-corrected chi connectivity index (χ3v) is 3.13. The molecule has 1 nitrogen and oxygen atoms in total. The van der Waals surface area contributed by atoms with E-state index in [9.17, 15) is 4.39 Å². The fourth-order valence-electron chi connectivity index (χ4n) is 2.20. The molecule has 0 radical (unpaired) electrons. The lowest BCUT2D eigenvalue weighted by Crippen LogP contribution is -2.02. The maximum absolute atomic E-state index is 13.0. The Morgan fingerprint density at radius 2 is 1.50 bits per heavy atom. The van der Waals surface area contributed by atoms with E-state index in [0.29, 0.717) is 0 Å². The summed E-state index contributed by atoms with van der Waals surface area (Å²) in [4.78, 5) is 0. The molecule has 0 spiro atoms. The van der Waals surface area contributed by atoms with Crippen molar-refractivity contribution in [2.45, 2.75) is 18.8 Å². The minimum Gasteiger partial charge on any atom is -0.396 e. The maximum atomic E-state index is 13.0.